The predicted octanol–water partition coefficient (Wildman–Crippen LogP) is 6.77. The molecule has 3 aromatic heterocycles. The first kappa shape index (κ1) is 17.6. The number of furan rings is 1. The monoisotopic (exact) mass is 409 g/mol. The molecule has 0 saturated carbocycles. The molecule has 146 valence electrons. The van der Waals surface area contributed by atoms with Crippen LogP contribution in [-0.4, -0.2) is 4.98 Å². The number of fused-ring (bicyclic) bond motifs is 5. The van der Waals surface area contributed by atoms with Crippen LogP contribution in [0.15, 0.2) is 59.3 Å². The predicted molar refractivity (Wildman–Crippen MR) is 125 cm³/mol. The minimum absolute atomic E-state index is 0.941. The third kappa shape index (κ3) is 2.31. The summed E-state index contributed by atoms with van der Waals surface area (Å²) in [4.78, 5) is 6.01. The van der Waals surface area contributed by atoms with Crippen LogP contribution in [0.2, 0.25) is 0 Å². The van der Waals surface area contributed by atoms with E-state index in [9.17, 15) is 0 Å². The first-order valence-corrected chi connectivity index (χ1v) is 10.9. The third-order valence-corrected chi connectivity index (χ3v) is 7.50. The van der Waals surface area contributed by atoms with Gasteiger partial charge in [-0.25, -0.2) is 4.57 Å². The van der Waals surface area contributed by atoms with Crippen molar-refractivity contribution in [1.29, 1.82) is 0 Å². The van der Waals surface area contributed by atoms with Crippen molar-refractivity contribution in [3.05, 3.63) is 70.9 Å². The number of hydrogen-bond donors (Lipinski definition) is 0. The lowest BCUT2D eigenvalue weighted by Gasteiger charge is -2.07. The minimum atomic E-state index is 0.941. The van der Waals surface area contributed by atoms with Gasteiger partial charge in [-0.2, -0.15) is 0 Å². The number of rotatable bonds is 1. The largest absolute Gasteiger partial charge is 0.456 e. The molecule has 6 aromatic rings. The first-order valence-electron chi connectivity index (χ1n) is 10.1. The summed E-state index contributed by atoms with van der Waals surface area (Å²) >= 11 is 1.82. The zero-order chi connectivity index (χ0) is 20.6. The third-order valence-electron chi connectivity index (χ3n) is 6.29. The van der Waals surface area contributed by atoms with Crippen molar-refractivity contribution in [2.75, 3.05) is 0 Å². The summed E-state index contributed by atoms with van der Waals surface area (Å²) in [6.45, 7) is 6.50. The molecule has 6 rings (SSSR count). The smallest absolute Gasteiger partial charge is 0.287 e. The second-order valence-corrected chi connectivity index (χ2v) is 9.30. The lowest BCUT2D eigenvalue weighted by Crippen LogP contribution is -2.31. The van der Waals surface area contributed by atoms with E-state index in [1.165, 1.54) is 53.5 Å². The van der Waals surface area contributed by atoms with Crippen LogP contribution in [0.5, 0.6) is 0 Å². The normalized spacial score (nSPS) is 12.0. The molecule has 0 aliphatic rings. The molecule has 3 nitrogen and oxygen atoms in total. The van der Waals surface area contributed by atoms with Gasteiger partial charge in [-0.05, 0) is 60.8 Å². The van der Waals surface area contributed by atoms with Crippen molar-refractivity contribution in [2.24, 2.45) is 7.05 Å². The highest BCUT2D eigenvalue weighted by molar-refractivity contribution is 7.19. The van der Waals surface area contributed by atoms with E-state index in [1.54, 1.807) is 0 Å². The van der Waals surface area contributed by atoms with Crippen LogP contribution >= 0.6 is 11.3 Å². The topological polar surface area (TPSA) is 29.9 Å². The standard InChI is InChI=1S/C26H21N2OS/c1-14-16(3)30-26-23(14)27-13-28(4)24(26)19-9-10-20-21-11-17-7-5-6-8-18(17)12-22(21)29-25(20)15(19)2/h5-13H,1-4H3/q+1. The molecule has 0 unspecified atom stereocenters. The molecule has 0 bridgehead atoms. The molecule has 3 aromatic carbocycles. The van der Waals surface area contributed by atoms with Crippen molar-refractivity contribution < 1.29 is 8.98 Å². The summed E-state index contributed by atoms with van der Waals surface area (Å²) in [5, 5.41) is 4.78. The van der Waals surface area contributed by atoms with Gasteiger partial charge < -0.3 is 4.42 Å². The van der Waals surface area contributed by atoms with Gasteiger partial charge in [-0.3, -0.25) is 0 Å². The van der Waals surface area contributed by atoms with Crippen LogP contribution < -0.4 is 4.57 Å². The number of aryl methyl sites for hydroxylation is 4. The summed E-state index contributed by atoms with van der Waals surface area (Å²) in [5.74, 6) is 0. The van der Waals surface area contributed by atoms with Crippen LogP contribution in [0.3, 0.4) is 0 Å². The van der Waals surface area contributed by atoms with E-state index in [0.29, 0.717) is 0 Å². The van der Waals surface area contributed by atoms with E-state index >= 15 is 0 Å². The maximum atomic E-state index is 6.41. The van der Waals surface area contributed by atoms with Gasteiger partial charge >= 0.3 is 0 Å². The average Bonchev–Trinajstić information content (AvgIpc) is 3.25. The zero-order valence-electron chi connectivity index (χ0n) is 17.4. The van der Waals surface area contributed by atoms with Crippen LogP contribution in [-0.2, 0) is 7.05 Å². The summed E-state index contributed by atoms with van der Waals surface area (Å²) < 4.78 is 9.78. The van der Waals surface area contributed by atoms with E-state index in [0.717, 1.165) is 16.7 Å². The Morgan fingerprint density at radius 1 is 0.900 bits per heavy atom. The molecule has 0 atom stereocenters. The minimum Gasteiger partial charge on any atom is -0.456 e. The van der Waals surface area contributed by atoms with Gasteiger partial charge in [0.15, 0.2) is 5.69 Å². The number of thiophene rings is 1. The Hall–Kier alpha value is -3.24. The SMILES string of the molecule is Cc1sc2c(-c3ccc4c(oc5cc6ccccc6cc54)c3C)[n+](C)cnc2c1C. The fourth-order valence-corrected chi connectivity index (χ4v) is 5.73. The van der Waals surface area contributed by atoms with E-state index in [-0.39, 0.29) is 0 Å². The summed E-state index contributed by atoms with van der Waals surface area (Å²) in [6.07, 6.45) is 1.92. The molecule has 0 aliphatic carbocycles. The zero-order valence-corrected chi connectivity index (χ0v) is 18.2. The summed E-state index contributed by atoms with van der Waals surface area (Å²) in [6, 6.07) is 17.3. The Labute approximate surface area is 178 Å². The fourth-order valence-electron chi connectivity index (χ4n) is 4.52. The Bertz CT molecular complexity index is 1640. The van der Waals surface area contributed by atoms with Gasteiger partial charge in [0.1, 0.15) is 15.9 Å². The number of aromatic nitrogens is 2. The van der Waals surface area contributed by atoms with Crippen molar-refractivity contribution in [3.63, 3.8) is 0 Å². The van der Waals surface area contributed by atoms with Crippen LogP contribution in [0, 0.1) is 20.8 Å². The van der Waals surface area contributed by atoms with Crippen molar-refractivity contribution in [1.82, 2.24) is 4.98 Å². The van der Waals surface area contributed by atoms with E-state index in [1.807, 2.05) is 17.7 Å². The van der Waals surface area contributed by atoms with Gasteiger partial charge in [-0.1, -0.05) is 24.3 Å². The van der Waals surface area contributed by atoms with Gasteiger partial charge in [0, 0.05) is 32.3 Å². The molecule has 0 amide bonds. The highest BCUT2D eigenvalue weighted by Gasteiger charge is 2.23. The Morgan fingerprint density at radius 3 is 2.47 bits per heavy atom. The second-order valence-electron chi connectivity index (χ2n) is 8.08. The van der Waals surface area contributed by atoms with Crippen LogP contribution in [0.25, 0.3) is 54.2 Å². The van der Waals surface area contributed by atoms with Crippen LogP contribution in [0.1, 0.15) is 16.0 Å². The lowest BCUT2D eigenvalue weighted by atomic mass is 10.00. The Balaban J connectivity index is 1.69. The molecule has 0 spiro atoms. The molecular weight excluding hydrogens is 388 g/mol. The molecule has 0 fully saturated rings. The van der Waals surface area contributed by atoms with Gasteiger partial charge in [0.05, 0.1) is 7.05 Å². The molecule has 0 N–H and O–H groups in total. The molecule has 3 heterocycles. The maximum absolute atomic E-state index is 6.41. The lowest BCUT2D eigenvalue weighted by molar-refractivity contribution is -0.662. The van der Waals surface area contributed by atoms with Crippen molar-refractivity contribution in [2.45, 2.75) is 20.8 Å². The number of benzene rings is 3. The molecule has 30 heavy (non-hydrogen) atoms. The van der Waals surface area contributed by atoms with E-state index in [4.69, 9.17) is 9.40 Å². The quantitative estimate of drug-likeness (QED) is 0.281. The van der Waals surface area contributed by atoms with E-state index in [2.05, 4.69) is 80.9 Å². The summed E-state index contributed by atoms with van der Waals surface area (Å²) in [5.41, 5.74) is 7.84. The molecular formula is C26H21N2OS+. The molecule has 0 radical (unpaired) electrons. The Kier molecular flexibility index (Phi) is 3.60. The number of hydrogen-bond acceptors (Lipinski definition) is 3. The van der Waals surface area contributed by atoms with Gasteiger partial charge in [0.25, 0.3) is 6.33 Å². The van der Waals surface area contributed by atoms with Gasteiger partial charge in [0.2, 0.25) is 5.52 Å². The highest BCUT2D eigenvalue weighted by Crippen LogP contribution is 2.40. The summed E-state index contributed by atoms with van der Waals surface area (Å²) in [7, 11) is 2.07. The Morgan fingerprint density at radius 2 is 1.67 bits per heavy atom. The average molecular weight is 410 g/mol. The molecule has 4 heteroatoms. The van der Waals surface area contributed by atoms with E-state index < -0.39 is 0 Å². The van der Waals surface area contributed by atoms with Crippen molar-refractivity contribution in [3.8, 4) is 11.3 Å². The maximum Gasteiger partial charge on any atom is 0.287 e. The highest BCUT2D eigenvalue weighted by atomic mass is 32.1. The fraction of sp³-hybridized carbons (Fsp3) is 0.154. The van der Waals surface area contributed by atoms with Crippen LogP contribution in [0.4, 0.5) is 0 Å². The first-order chi connectivity index (χ1) is 14.5. The van der Waals surface area contributed by atoms with Gasteiger partial charge in [-0.15, -0.1) is 11.3 Å². The molecule has 0 saturated heterocycles. The second kappa shape index (κ2) is 6.13. The van der Waals surface area contributed by atoms with Crippen molar-refractivity contribution >= 4 is 54.3 Å². The molecule has 0 aliphatic heterocycles. The number of nitrogens with zero attached hydrogens (tertiary/aromatic N) is 2.